The highest BCUT2D eigenvalue weighted by atomic mass is 19.1. The van der Waals surface area contributed by atoms with Crippen LogP contribution in [0.25, 0.3) is 22.2 Å². The average Bonchev–Trinajstić information content (AvgIpc) is 2.48. The molecule has 0 atom stereocenters. The molecule has 2 nitrogen and oxygen atoms in total. The molecule has 3 heteroatoms. The molecule has 0 spiro atoms. The van der Waals surface area contributed by atoms with E-state index in [2.05, 4.69) is 11.1 Å². The maximum absolute atomic E-state index is 13.4. The van der Waals surface area contributed by atoms with Gasteiger partial charge in [-0.25, -0.2) is 9.37 Å². The number of nitrogens with zero attached hydrogens (tertiary/aromatic N) is 1. The second-order valence-corrected chi connectivity index (χ2v) is 4.74. The molecule has 0 aliphatic heterocycles. The first-order chi connectivity index (χ1) is 9.78. The van der Waals surface area contributed by atoms with Crippen LogP contribution in [-0.4, -0.2) is 11.5 Å². The molecule has 0 fully saturated rings. The second-order valence-electron chi connectivity index (χ2n) is 4.74. The first-order valence-corrected chi connectivity index (χ1v) is 6.62. The zero-order valence-corrected chi connectivity index (χ0v) is 11.0. The summed E-state index contributed by atoms with van der Waals surface area (Å²) in [6.07, 6.45) is 0.755. The van der Waals surface area contributed by atoms with Gasteiger partial charge in [-0.05, 0) is 36.7 Å². The van der Waals surface area contributed by atoms with Crippen molar-refractivity contribution in [2.45, 2.75) is 6.42 Å². The van der Waals surface area contributed by atoms with Gasteiger partial charge in [0, 0.05) is 17.0 Å². The highest BCUT2D eigenvalue weighted by molar-refractivity contribution is 5.83. The van der Waals surface area contributed by atoms with Gasteiger partial charge in [0.1, 0.15) is 5.82 Å². The minimum Gasteiger partial charge on any atom is -0.330 e. The highest BCUT2D eigenvalue weighted by Gasteiger charge is 2.09. The Labute approximate surface area is 117 Å². The minimum absolute atomic E-state index is 0.268. The van der Waals surface area contributed by atoms with Crippen molar-refractivity contribution in [3.05, 3.63) is 66.0 Å². The molecular formula is C17H15FN2. The number of aromatic nitrogens is 1. The second kappa shape index (κ2) is 5.39. The fourth-order valence-electron chi connectivity index (χ4n) is 2.38. The molecule has 0 saturated heterocycles. The van der Waals surface area contributed by atoms with Crippen LogP contribution in [0, 0.1) is 5.82 Å². The molecule has 100 valence electrons. The molecule has 0 bridgehead atoms. The fraction of sp³-hybridized carbons (Fsp3) is 0.118. The van der Waals surface area contributed by atoms with Crippen molar-refractivity contribution in [2.75, 3.05) is 6.54 Å². The molecule has 3 aromatic rings. The van der Waals surface area contributed by atoms with Crippen LogP contribution in [0.4, 0.5) is 4.39 Å². The van der Waals surface area contributed by atoms with E-state index in [4.69, 9.17) is 5.73 Å². The summed E-state index contributed by atoms with van der Waals surface area (Å²) in [7, 11) is 0. The van der Waals surface area contributed by atoms with Gasteiger partial charge in [-0.2, -0.15) is 0 Å². The quantitative estimate of drug-likeness (QED) is 0.787. The van der Waals surface area contributed by atoms with Crippen LogP contribution in [0.15, 0.2) is 54.6 Å². The predicted octanol–water partition coefficient (Wildman–Crippen LogP) is 3.54. The number of fused-ring (bicyclic) bond motifs is 1. The lowest BCUT2D eigenvalue weighted by atomic mass is 10.0. The van der Waals surface area contributed by atoms with E-state index in [0.29, 0.717) is 12.1 Å². The van der Waals surface area contributed by atoms with Crippen molar-refractivity contribution < 1.29 is 4.39 Å². The van der Waals surface area contributed by atoms with Crippen molar-refractivity contribution in [1.29, 1.82) is 0 Å². The van der Waals surface area contributed by atoms with Crippen molar-refractivity contribution in [2.24, 2.45) is 5.73 Å². The van der Waals surface area contributed by atoms with Gasteiger partial charge in [0.2, 0.25) is 0 Å². The zero-order valence-electron chi connectivity index (χ0n) is 11.0. The summed E-state index contributed by atoms with van der Waals surface area (Å²) in [5.74, 6) is -0.268. The molecule has 0 unspecified atom stereocenters. The number of hydrogen-bond acceptors (Lipinski definition) is 2. The van der Waals surface area contributed by atoms with Gasteiger partial charge in [0.05, 0.1) is 11.2 Å². The van der Waals surface area contributed by atoms with Gasteiger partial charge in [0.25, 0.3) is 0 Å². The van der Waals surface area contributed by atoms with Crippen LogP contribution in [0.3, 0.4) is 0 Å². The molecule has 2 aromatic carbocycles. The van der Waals surface area contributed by atoms with E-state index in [0.717, 1.165) is 28.6 Å². The normalized spacial score (nSPS) is 10.9. The Morgan fingerprint density at radius 3 is 2.55 bits per heavy atom. The lowest BCUT2D eigenvalue weighted by Gasteiger charge is -2.10. The largest absolute Gasteiger partial charge is 0.330 e. The van der Waals surface area contributed by atoms with Crippen LogP contribution in [0.5, 0.6) is 0 Å². The highest BCUT2D eigenvalue weighted by Crippen LogP contribution is 2.26. The topological polar surface area (TPSA) is 38.9 Å². The number of rotatable bonds is 3. The number of hydrogen-bond donors (Lipinski definition) is 1. The Morgan fingerprint density at radius 2 is 1.80 bits per heavy atom. The van der Waals surface area contributed by atoms with Crippen LogP contribution < -0.4 is 5.73 Å². The molecule has 3 rings (SSSR count). The maximum Gasteiger partial charge on any atom is 0.125 e. The fourth-order valence-corrected chi connectivity index (χ4v) is 2.38. The molecular weight excluding hydrogens is 251 g/mol. The molecule has 0 aliphatic carbocycles. The Bertz CT molecular complexity index is 739. The third-order valence-corrected chi connectivity index (χ3v) is 3.32. The van der Waals surface area contributed by atoms with E-state index in [1.807, 2.05) is 30.3 Å². The summed E-state index contributed by atoms with van der Waals surface area (Å²) in [4.78, 5) is 4.63. The Balaban J connectivity index is 2.24. The Hall–Kier alpha value is -2.26. The monoisotopic (exact) mass is 266 g/mol. The minimum atomic E-state index is -0.268. The van der Waals surface area contributed by atoms with Crippen molar-refractivity contribution in [3.63, 3.8) is 0 Å². The molecule has 0 aliphatic rings. The SMILES string of the molecule is NCCc1cc2ccc(F)cc2nc1-c1ccccc1. The number of benzene rings is 2. The van der Waals surface area contributed by atoms with E-state index >= 15 is 0 Å². The summed E-state index contributed by atoms with van der Waals surface area (Å²) in [5.41, 5.74) is 9.37. The Morgan fingerprint density at radius 1 is 1.00 bits per heavy atom. The summed E-state index contributed by atoms with van der Waals surface area (Å²) < 4.78 is 13.4. The smallest absolute Gasteiger partial charge is 0.125 e. The van der Waals surface area contributed by atoms with Gasteiger partial charge in [-0.3, -0.25) is 0 Å². The zero-order chi connectivity index (χ0) is 13.9. The van der Waals surface area contributed by atoms with Crippen LogP contribution in [0.2, 0.25) is 0 Å². The first-order valence-electron chi connectivity index (χ1n) is 6.62. The number of pyridine rings is 1. The van der Waals surface area contributed by atoms with E-state index in [-0.39, 0.29) is 5.82 Å². The Kier molecular flexibility index (Phi) is 3.44. The molecule has 0 amide bonds. The van der Waals surface area contributed by atoms with Crippen LogP contribution >= 0.6 is 0 Å². The summed E-state index contributed by atoms with van der Waals surface area (Å²) in [6, 6.07) is 16.7. The number of nitrogens with two attached hydrogens (primary N) is 1. The van der Waals surface area contributed by atoms with Gasteiger partial charge < -0.3 is 5.73 Å². The van der Waals surface area contributed by atoms with E-state index in [9.17, 15) is 4.39 Å². The van der Waals surface area contributed by atoms with E-state index in [1.54, 1.807) is 6.07 Å². The third kappa shape index (κ3) is 2.40. The average molecular weight is 266 g/mol. The summed E-state index contributed by atoms with van der Waals surface area (Å²) in [6.45, 7) is 0.564. The molecule has 20 heavy (non-hydrogen) atoms. The van der Waals surface area contributed by atoms with Crippen molar-refractivity contribution >= 4 is 10.9 Å². The van der Waals surface area contributed by atoms with Gasteiger partial charge in [-0.1, -0.05) is 30.3 Å². The predicted molar refractivity (Wildman–Crippen MR) is 79.9 cm³/mol. The summed E-state index contributed by atoms with van der Waals surface area (Å²) >= 11 is 0. The maximum atomic E-state index is 13.4. The first kappa shape index (κ1) is 12.8. The lowest BCUT2D eigenvalue weighted by molar-refractivity contribution is 0.629. The molecule has 1 aromatic heterocycles. The van der Waals surface area contributed by atoms with Gasteiger partial charge >= 0.3 is 0 Å². The van der Waals surface area contributed by atoms with E-state index in [1.165, 1.54) is 12.1 Å². The van der Waals surface area contributed by atoms with Crippen molar-refractivity contribution in [3.8, 4) is 11.3 Å². The van der Waals surface area contributed by atoms with Crippen LogP contribution in [-0.2, 0) is 6.42 Å². The summed E-state index contributed by atoms with van der Waals surface area (Å²) in [5, 5.41) is 0.939. The van der Waals surface area contributed by atoms with Crippen molar-refractivity contribution in [1.82, 2.24) is 4.98 Å². The standard InChI is InChI=1S/C17H15FN2/c18-15-7-6-13-10-14(8-9-19)17(20-16(13)11-15)12-4-2-1-3-5-12/h1-7,10-11H,8-9,19H2. The van der Waals surface area contributed by atoms with Crippen LogP contribution in [0.1, 0.15) is 5.56 Å². The molecule has 2 N–H and O–H groups in total. The number of halogens is 1. The van der Waals surface area contributed by atoms with Gasteiger partial charge in [0.15, 0.2) is 0 Å². The lowest BCUT2D eigenvalue weighted by Crippen LogP contribution is -2.05. The molecule has 1 heterocycles. The molecule has 0 saturated carbocycles. The van der Waals surface area contributed by atoms with E-state index < -0.39 is 0 Å². The van der Waals surface area contributed by atoms with Gasteiger partial charge in [-0.15, -0.1) is 0 Å². The third-order valence-electron chi connectivity index (χ3n) is 3.32. The molecule has 0 radical (unpaired) electrons.